The number of aromatic nitrogens is 1. The number of nitrogens with zero attached hydrogens (tertiary/aromatic N) is 2. The molecule has 0 bridgehead atoms. The molecule has 0 fully saturated rings. The number of para-hydroxylation sites is 2. The van der Waals surface area contributed by atoms with Crippen LogP contribution in [0, 0.1) is 0 Å². The zero-order chi connectivity index (χ0) is 41.0. The summed E-state index contributed by atoms with van der Waals surface area (Å²) in [6.07, 6.45) is 0. The van der Waals surface area contributed by atoms with E-state index in [9.17, 15) is 0 Å². The first-order chi connectivity index (χ1) is 30.8. The van der Waals surface area contributed by atoms with Crippen molar-refractivity contribution in [3.63, 3.8) is 0 Å². The third kappa shape index (κ3) is 5.88. The number of hydrogen-bond acceptors (Lipinski definition) is 1. The molecule has 0 saturated heterocycles. The van der Waals surface area contributed by atoms with Crippen LogP contribution in [0.25, 0.3) is 93.2 Å². The minimum absolute atomic E-state index is 1.08. The second-order valence-electron chi connectivity index (χ2n) is 16.1. The summed E-state index contributed by atoms with van der Waals surface area (Å²) in [4.78, 5) is 2.49. The third-order valence-electron chi connectivity index (χ3n) is 12.5. The molecule has 0 aliphatic rings. The van der Waals surface area contributed by atoms with E-state index in [4.69, 9.17) is 0 Å². The van der Waals surface area contributed by atoms with Crippen LogP contribution >= 0.6 is 0 Å². The molecule has 290 valence electrons. The van der Waals surface area contributed by atoms with E-state index in [0.717, 1.165) is 28.3 Å². The van der Waals surface area contributed by atoms with E-state index >= 15 is 0 Å². The highest BCUT2D eigenvalue weighted by Crippen LogP contribution is 2.47. The van der Waals surface area contributed by atoms with Crippen LogP contribution in [0.4, 0.5) is 17.1 Å². The highest BCUT2D eigenvalue weighted by Gasteiger charge is 2.24. The van der Waals surface area contributed by atoms with Crippen molar-refractivity contribution in [1.82, 2.24) is 4.57 Å². The zero-order valence-corrected chi connectivity index (χ0v) is 34.0. The molecule has 62 heavy (non-hydrogen) atoms. The van der Waals surface area contributed by atoms with Crippen LogP contribution in [0.15, 0.2) is 243 Å². The Balaban J connectivity index is 1.14. The van der Waals surface area contributed by atoms with Gasteiger partial charge < -0.3 is 9.47 Å². The average molecular weight is 789 g/mol. The Morgan fingerprint density at radius 2 is 0.839 bits per heavy atom. The van der Waals surface area contributed by atoms with E-state index < -0.39 is 0 Å². The average Bonchev–Trinajstić information content (AvgIpc) is 3.70. The molecule has 0 atom stereocenters. The van der Waals surface area contributed by atoms with Crippen molar-refractivity contribution in [2.45, 2.75) is 0 Å². The second-order valence-corrected chi connectivity index (χ2v) is 16.1. The molecule has 0 amide bonds. The standard InChI is InChI=1S/C60H40N2/c1-4-16-41(17-5-1)47-33-32-44-21-14-30-55(54(44)40-47)61(49-37-34-45(35-38-49)51-28-13-23-46-22-12-27-50(58(46)51)42-18-6-2-7-19-42)57-31-15-29-53-59-52-26-11-10-20-43(52)36-39-56(59)62(60(53)57)48-24-8-3-9-25-48/h1-40H. The van der Waals surface area contributed by atoms with Gasteiger partial charge in [0.15, 0.2) is 0 Å². The van der Waals surface area contributed by atoms with E-state index in [1.165, 1.54) is 82.0 Å². The molecular formula is C60H40N2. The van der Waals surface area contributed by atoms with Gasteiger partial charge in [0.1, 0.15) is 0 Å². The van der Waals surface area contributed by atoms with Crippen molar-refractivity contribution >= 4 is 71.2 Å². The van der Waals surface area contributed by atoms with Gasteiger partial charge in [-0.25, -0.2) is 0 Å². The largest absolute Gasteiger partial charge is 0.308 e. The van der Waals surface area contributed by atoms with Gasteiger partial charge in [-0.05, 0) is 109 Å². The molecule has 0 N–H and O–H groups in total. The summed E-state index contributed by atoms with van der Waals surface area (Å²) in [6.45, 7) is 0. The minimum atomic E-state index is 1.08. The van der Waals surface area contributed by atoms with Gasteiger partial charge in [-0.1, -0.05) is 194 Å². The summed E-state index contributed by atoms with van der Waals surface area (Å²) in [5.74, 6) is 0. The van der Waals surface area contributed by atoms with E-state index in [1.807, 2.05) is 0 Å². The van der Waals surface area contributed by atoms with Gasteiger partial charge in [-0.2, -0.15) is 0 Å². The molecule has 0 unspecified atom stereocenters. The molecule has 2 nitrogen and oxygen atoms in total. The fourth-order valence-corrected chi connectivity index (χ4v) is 9.74. The molecule has 12 rings (SSSR count). The summed E-state index contributed by atoms with van der Waals surface area (Å²) in [7, 11) is 0. The van der Waals surface area contributed by atoms with Crippen LogP contribution in [-0.4, -0.2) is 4.57 Å². The Kier molecular flexibility index (Phi) is 8.53. The van der Waals surface area contributed by atoms with Crippen LogP contribution in [-0.2, 0) is 0 Å². The Morgan fingerprint density at radius 3 is 1.60 bits per heavy atom. The number of benzene rings is 11. The maximum atomic E-state index is 2.49. The van der Waals surface area contributed by atoms with Crippen molar-refractivity contribution in [2.75, 3.05) is 4.90 Å². The highest BCUT2D eigenvalue weighted by atomic mass is 15.2. The van der Waals surface area contributed by atoms with E-state index in [2.05, 4.69) is 252 Å². The van der Waals surface area contributed by atoms with Crippen LogP contribution in [0.2, 0.25) is 0 Å². The first-order valence-electron chi connectivity index (χ1n) is 21.3. The molecule has 12 aromatic rings. The molecule has 0 radical (unpaired) electrons. The van der Waals surface area contributed by atoms with Crippen molar-refractivity contribution in [3.8, 4) is 39.1 Å². The third-order valence-corrected chi connectivity index (χ3v) is 12.5. The monoisotopic (exact) mass is 788 g/mol. The number of anilines is 3. The predicted molar refractivity (Wildman–Crippen MR) is 264 cm³/mol. The highest BCUT2D eigenvalue weighted by molar-refractivity contribution is 6.24. The summed E-state index contributed by atoms with van der Waals surface area (Å²) >= 11 is 0. The quantitative estimate of drug-likeness (QED) is 0.156. The van der Waals surface area contributed by atoms with Gasteiger partial charge in [-0.3, -0.25) is 0 Å². The lowest BCUT2D eigenvalue weighted by Gasteiger charge is -2.28. The van der Waals surface area contributed by atoms with Crippen molar-refractivity contribution < 1.29 is 0 Å². The second kappa shape index (κ2) is 14.8. The fourth-order valence-electron chi connectivity index (χ4n) is 9.74. The van der Waals surface area contributed by atoms with Gasteiger partial charge in [-0.15, -0.1) is 0 Å². The minimum Gasteiger partial charge on any atom is -0.308 e. The van der Waals surface area contributed by atoms with E-state index in [-0.39, 0.29) is 0 Å². The molecule has 2 heteroatoms. The van der Waals surface area contributed by atoms with Gasteiger partial charge in [0.25, 0.3) is 0 Å². The summed E-state index contributed by atoms with van der Waals surface area (Å²) in [5, 5.41) is 9.82. The first kappa shape index (κ1) is 35.7. The lowest BCUT2D eigenvalue weighted by Crippen LogP contribution is -2.12. The number of rotatable bonds is 7. The summed E-state index contributed by atoms with van der Waals surface area (Å²) in [5.41, 5.74) is 14.0. The predicted octanol–water partition coefficient (Wildman–Crippen LogP) is 16.7. The normalized spacial score (nSPS) is 11.5. The molecule has 0 aliphatic heterocycles. The zero-order valence-electron chi connectivity index (χ0n) is 34.0. The van der Waals surface area contributed by atoms with Gasteiger partial charge in [0.05, 0.1) is 22.4 Å². The van der Waals surface area contributed by atoms with Crippen molar-refractivity contribution in [1.29, 1.82) is 0 Å². The smallest absolute Gasteiger partial charge is 0.0782 e. The molecule has 11 aromatic carbocycles. The SMILES string of the molecule is c1ccc(-c2ccc3cccc(N(c4ccc(-c5cccc6cccc(-c7ccccc7)c56)cc4)c4cccc5c6c7ccccc7ccc6n(-c6ccccc6)c45)c3c2)cc1. The van der Waals surface area contributed by atoms with Crippen LogP contribution < -0.4 is 4.90 Å². The van der Waals surface area contributed by atoms with E-state index in [0.29, 0.717) is 0 Å². The van der Waals surface area contributed by atoms with Gasteiger partial charge >= 0.3 is 0 Å². The maximum Gasteiger partial charge on any atom is 0.0782 e. The van der Waals surface area contributed by atoms with Gasteiger partial charge in [0, 0.05) is 27.5 Å². The molecular weight excluding hydrogens is 749 g/mol. The summed E-state index contributed by atoms with van der Waals surface area (Å²) in [6, 6.07) is 88.5. The van der Waals surface area contributed by atoms with Gasteiger partial charge in [0.2, 0.25) is 0 Å². The van der Waals surface area contributed by atoms with Crippen molar-refractivity contribution in [2.24, 2.45) is 0 Å². The first-order valence-corrected chi connectivity index (χ1v) is 21.3. The van der Waals surface area contributed by atoms with Crippen LogP contribution in [0.3, 0.4) is 0 Å². The molecule has 0 saturated carbocycles. The Morgan fingerprint density at radius 1 is 0.306 bits per heavy atom. The number of fused-ring (bicyclic) bond motifs is 7. The van der Waals surface area contributed by atoms with E-state index in [1.54, 1.807) is 0 Å². The molecule has 0 spiro atoms. The Labute approximate surface area is 360 Å². The summed E-state index contributed by atoms with van der Waals surface area (Å²) < 4.78 is 2.47. The molecule has 0 aliphatic carbocycles. The topological polar surface area (TPSA) is 8.17 Å². The van der Waals surface area contributed by atoms with Crippen LogP contribution in [0.1, 0.15) is 0 Å². The fraction of sp³-hybridized carbons (Fsp3) is 0. The number of hydrogen-bond donors (Lipinski definition) is 0. The molecule has 1 heterocycles. The lowest BCUT2D eigenvalue weighted by atomic mass is 9.91. The van der Waals surface area contributed by atoms with Crippen molar-refractivity contribution in [3.05, 3.63) is 243 Å². The lowest BCUT2D eigenvalue weighted by molar-refractivity contribution is 1.17. The molecule has 1 aromatic heterocycles. The Hall–Kier alpha value is -8.20. The maximum absolute atomic E-state index is 2.49. The van der Waals surface area contributed by atoms with Crippen LogP contribution in [0.5, 0.6) is 0 Å². The Bertz CT molecular complexity index is 3600.